The largest absolute Gasteiger partial charge is 0.350 e. The van der Waals surface area contributed by atoms with E-state index in [1.54, 1.807) is 12.1 Å². The van der Waals surface area contributed by atoms with Crippen molar-refractivity contribution in [2.75, 3.05) is 6.54 Å². The van der Waals surface area contributed by atoms with Gasteiger partial charge in [0.15, 0.2) is 5.78 Å². The van der Waals surface area contributed by atoms with E-state index < -0.39 is 29.8 Å². The molecule has 8 heteroatoms. The van der Waals surface area contributed by atoms with Gasteiger partial charge >= 0.3 is 0 Å². The monoisotopic (exact) mass is 484 g/mol. The van der Waals surface area contributed by atoms with E-state index in [0.717, 1.165) is 11.1 Å². The van der Waals surface area contributed by atoms with Crippen molar-refractivity contribution in [2.24, 2.45) is 0 Å². The fraction of sp³-hybridized carbons (Fsp3) is 0.269. The number of alkyl halides is 1. The predicted octanol–water partition coefficient (Wildman–Crippen LogP) is 4.58. The minimum Gasteiger partial charge on any atom is -0.350 e. The summed E-state index contributed by atoms with van der Waals surface area (Å²) in [5, 5.41) is 2.53. The summed E-state index contributed by atoms with van der Waals surface area (Å²) in [5.41, 5.74) is 2.85. The van der Waals surface area contributed by atoms with Crippen molar-refractivity contribution in [1.29, 1.82) is 0 Å². The molecule has 34 heavy (non-hydrogen) atoms. The Bertz CT molecular complexity index is 1230. The molecule has 1 aromatic carbocycles. The maximum atomic E-state index is 14.3. The van der Waals surface area contributed by atoms with Crippen LogP contribution >= 0.6 is 11.6 Å². The third-order valence-corrected chi connectivity index (χ3v) is 6.36. The molecule has 2 aliphatic carbocycles. The molecule has 2 amide bonds. The minimum absolute atomic E-state index is 0.0616. The van der Waals surface area contributed by atoms with Crippen molar-refractivity contribution in [3.05, 3.63) is 82.1 Å². The van der Waals surface area contributed by atoms with Gasteiger partial charge < -0.3 is 10.2 Å². The van der Waals surface area contributed by atoms with Crippen LogP contribution in [0, 0.1) is 5.82 Å². The zero-order chi connectivity index (χ0) is 24.4. The van der Waals surface area contributed by atoms with Gasteiger partial charge in [0.25, 0.3) is 0 Å². The van der Waals surface area contributed by atoms with Crippen LogP contribution in [0.15, 0.2) is 54.6 Å². The number of rotatable bonds is 6. The van der Waals surface area contributed by atoms with Crippen molar-refractivity contribution in [1.82, 2.24) is 10.2 Å². The molecule has 1 N–H and O–H groups in total. The highest BCUT2D eigenvalue weighted by Gasteiger charge is 2.40. The lowest BCUT2D eigenvalue weighted by molar-refractivity contribution is -0.138. The Morgan fingerprint density at radius 1 is 1.06 bits per heavy atom. The van der Waals surface area contributed by atoms with Gasteiger partial charge in [-0.1, -0.05) is 54.1 Å². The van der Waals surface area contributed by atoms with E-state index in [2.05, 4.69) is 5.32 Å². The average Bonchev–Trinajstić information content (AvgIpc) is 3.25. The van der Waals surface area contributed by atoms with Crippen LogP contribution in [0.5, 0.6) is 0 Å². The van der Waals surface area contributed by atoms with E-state index in [1.165, 1.54) is 24.0 Å². The number of benzene rings is 1. The fourth-order valence-electron chi connectivity index (χ4n) is 4.39. The summed E-state index contributed by atoms with van der Waals surface area (Å²) in [5.74, 6) is -1.73. The number of ketones is 1. The van der Waals surface area contributed by atoms with Gasteiger partial charge in [-0.2, -0.15) is 0 Å². The van der Waals surface area contributed by atoms with Crippen LogP contribution in [0.25, 0.3) is 11.1 Å². The van der Waals surface area contributed by atoms with Gasteiger partial charge in [-0.15, -0.1) is 0 Å². The Morgan fingerprint density at radius 2 is 1.79 bits per heavy atom. The van der Waals surface area contributed by atoms with E-state index in [9.17, 15) is 23.2 Å². The molecule has 1 saturated heterocycles. The molecule has 5 nitrogen and oxygen atoms in total. The van der Waals surface area contributed by atoms with Crippen LogP contribution < -0.4 is 5.32 Å². The summed E-state index contributed by atoms with van der Waals surface area (Å²) in [6, 6.07) is 14.2. The van der Waals surface area contributed by atoms with E-state index in [1.807, 2.05) is 30.3 Å². The number of halogens is 3. The molecule has 176 valence electrons. The lowest BCUT2D eigenvalue weighted by atomic mass is 10.0. The van der Waals surface area contributed by atoms with Crippen molar-refractivity contribution < 1.29 is 23.2 Å². The molecular formula is C26H23ClF2N2O3. The minimum atomic E-state index is -1.34. The van der Waals surface area contributed by atoms with Crippen LogP contribution in [0.3, 0.4) is 0 Å². The smallest absolute Gasteiger partial charge is 0.243 e. The highest BCUT2D eigenvalue weighted by molar-refractivity contribution is 6.30. The summed E-state index contributed by atoms with van der Waals surface area (Å²) in [6.45, 7) is 1.13. The molecule has 4 rings (SSSR count). The van der Waals surface area contributed by atoms with Gasteiger partial charge in [-0.25, -0.2) is 8.78 Å². The Kier molecular flexibility index (Phi) is 6.93. The molecule has 0 unspecified atom stereocenters. The second-order valence-electron chi connectivity index (χ2n) is 8.38. The van der Waals surface area contributed by atoms with Gasteiger partial charge in [0, 0.05) is 24.1 Å². The molecule has 0 bridgehead atoms. The van der Waals surface area contributed by atoms with Crippen LogP contribution in [0.2, 0.25) is 5.02 Å². The molecule has 0 aromatic heterocycles. The number of nitrogens with one attached hydrogen (secondary N) is 1. The third kappa shape index (κ3) is 4.80. The number of carbonyl (C=O) groups is 3. The number of Topliss-reactive ketones (excluding diaryl/α,β-unsaturated/α-hetero) is 1. The maximum Gasteiger partial charge on any atom is 0.243 e. The lowest BCUT2D eigenvalue weighted by Gasteiger charge is -2.24. The first kappa shape index (κ1) is 23.8. The first-order valence-corrected chi connectivity index (χ1v) is 11.3. The summed E-state index contributed by atoms with van der Waals surface area (Å²) < 4.78 is 28.4. The molecule has 1 aromatic rings. The SMILES string of the molecule is CC(=O)c1cc(CC(=O)N2C[C@H](F)C[C@H]2C(=O)NCc2cccc(Cl)c2F)c2cccccc1-2. The molecule has 0 radical (unpaired) electrons. The number of nitrogens with zero attached hydrogens (tertiary/aromatic N) is 1. The highest BCUT2D eigenvalue weighted by Crippen LogP contribution is 2.33. The predicted molar refractivity (Wildman–Crippen MR) is 125 cm³/mol. The van der Waals surface area contributed by atoms with Gasteiger partial charge in [-0.3, -0.25) is 14.4 Å². The summed E-state index contributed by atoms with van der Waals surface area (Å²) in [4.78, 5) is 39.3. The molecule has 1 heterocycles. The van der Waals surface area contributed by atoms with Crippen LogP contribution in [-0.4, -0.2) is 41.3 Å². The summed E-state index contributed by atoms with van der Waals surface area (Å²) in [6.07, 6.45) is -1.55. The number of likely N-dealkylation sites (tertiary alicyclic amines) is 1. The standard InChI is InChI=1S/C26H23ClF2N2O3/c1-15(32)21-10-17(19-7-3-2-4-8-20(19)21)11-24(33)31-14-18(28)12-23(31)26(34)30-13-16-6-5-9-22(27)25(16)29/h2-10,18,23H,11-14H2,1H3,(H,30,34)/t18-,23+/m1/s1. The van der Waals surface area contributed by atoms with Gasteiger partial charge in [0.1, 0.15) is 18.0 Å². The van der Waals surface area contributed by atoms with Crippen LogP contribution in [0.1, 0.15) is 34.8 Å². The Balaban J connectivity index is 1.51. The van der Waals surface area contributed by atoms with Gasteiger partial charge in [0.2, 0.25) is 11.8 Å². The second kappa shape index (κ2) is 9.89. The third-order valence-electron chi connectivity index (χ3n) is 6.07. The molecule has 0 spiro atoms. The molecule has 2 atom stereocenters. The number of fused-ring (bicyclic) bond motifs is 1. The van der Waals surface area contributed by atoms with Crippen LogP contribution in [0.4, 0.5) is 8.78 Å². The second-order valence-corrected chi connectivity index (χ2v) is 8.79. The van der Waals surface area contributed by atoms with E-state index >= 15 is 0 Å². The number of hydrogen-bond acceptors (Lipinski definition) is 3. The van der Waals surface area contributed by atoms with E-state index in [4.69, 9.17) is 11.6 Å². The summed E-state index contributed by atoms with van der Waals surface area (Å²) in [7, 11) is 0. The van der Waals surface area contributed by atoms with Crippen molar-refractivity contribution >= 4 is 29.2 Å². The maximum absolute atomic E-state index is 14.3. The number of carbonyl (C=O) groups excluding carboxylic acids is 3. The van der Waals surface area contributed by atoms with Gasteiger partial charge in [0.05, 0.1) is 18.0 Å². The van der Waals surface area contributed by atoms with Crippen molar-refractivity contribution in [2.45, 2.75) is 38.5 Å². The van der Waals surface area contributed by atoms with Crippen molar-refractivity contribution in [3.63, 3.8) is 0 Å². The fourth-order valence-corrected chi connectivity index (χ4v) is 4.58. The van der Waals surface area contributed by atoms with E-state index in [-0.39, 0.29) is 42.3 Å². The zero-order valence-electron chi connectivity index (χ0n) is 18.5. The highest BCUT2D eigenvalue weighted by atomic mass is 35.5. The zero-order valence-corrected chi connectivity index (χ0v) is 19.2. The molecule has 1 fully saturated rings. The molecule has 1 aliphatic heterocycles. The first-order valence-electron chi connectivity index (χ1n) is 10.9. The van der Waals surface area contributed by atoms with Crippen molar-refractivity contribution in [3.8, 4) is 11.1 Å². The van der Waals surface area contributed by atoms with Gasteiger partial charge in [-0.05, 0) is 35.7 Å². The lowest BCUT2D eigenvalue weighted by Crippen LogP contribution is -2.46. The number of amides is 2. The van der Waals surface area contributed by atoms with E-state index in [0.29, 0.717) is 11.1 Å². The Morgan fingerprint density at radius 3 is 2.53 bits per heavy atom. The topological polar surface area (TPSA) is 66.5 Å². The quantitative estimate of drug-likeness (QED) is 0.521. The Labute approximate surface area is 201 Å². The molecular weight excluding hydrogens is 462 g/mol. The molecule has 0 saturated carbocycles. The Hall–Kier alpha value is -3.32. The summed E-state index contributed by atoms with van der Waals surface area (Å²) >= 11 is 5.78. The average molecular weight is 485 g/mol. The number of hydrogen-bond donors (Lipinski definition) is 1. The normalized spacial score (nSPS) is 17.7. The first-order chi connectivity index (χ1) is 16.3. The van der Waals surface area contributed by atoms with Crippen LogP contribution in [-0.2, 0) is 22.6 Å². The molecule has 3 aliphatic rings.